The summed E-state index contributed by atoms with van der Waals surface area (Å²) in [5, 5.41) is 12.2. The smallest absolute Gasteiger partial charge is 0.330 e. The number of hydrogen-bond acceptors (Lipinski definition) is 7. The van der Waals surface area contributed by atoms with E-state index in [9.17, 15) is 24.0 Å². The van der Waals surface area contributed by atoms with E-state index in [-0.39, 0.29) is 12.3 Å². The summed E-state index contributed by atoms with van der Waals surface area (Å²) >= 11 is 0. The summed E-state index contributed by atoms with van der Waals surface area (Å²) in [4.78, 5) is 18.9. The van der Waals surface area contributed by atoms with Crippen molar-refractivity contribution < 1.29 is 42.8 Å². The van der Waals surface area contributed by atoms with Gasteiger partial charge in [0.25, 0.3) is 7.52 Å². The number of ether oxygens (including phenoxy) is 3. The van der Waals surface area contributed by atoms with Crippen molar-refractivity contribution in [2.24, 2.45) is 5.92 Å². The minimum absolute atomic E-state index is 0.0592. The zero-order chi connectivity index (χ0) is 27.3. The Labute approximate surface area is 213 Å². The third-order valence-corrected chi connectivity index (χ3v) is 8.97. The molecular formula is C23H53NO9P2. The molecule has 35 heavy (non-hydrogen) atoms. The Morgan fingerprint density at radius 3 is 1.77 bits per heavy atom. The minimum Gasteiger partial charge on any atom is -0.391 e. The van der Waals surface area contributed by atoms with Crippen molar-refractivity contribution >= 4 is 15.1 Å². The maximum atomic E-state index is 11.6. The van der Waals surface area contributed by atoms with Crippen LogP contribution in [-0.4, -0.2) is 85.1 Å². The molecule has 0 rings (SSSR count). The van der Waals surface area contributed by atoms with Crippen molar-refractivity contribution in [3.05, 3.63) is 0 Å². The van der Waals surface area contributed by atoms with Crippen molar-refractivity contribution in [2.45, 2.75) is 91.6 Å². The zero-order valence-electron chi connectivity index (χ0n) is 23.0. The van der Waals surface area contributed by atoms with E-state index in [0.29, 0.717) is 58.3 Å². The van der Waals surface area contributed by atoms with Gasteiger partial charge in [0.2, 0.25) is 0 Å². The largest absolute Gasteiger partial charge is 0.391 e. The molecule has 0 aliphatic rings. The van der Waals surface area contributed by atoms with Gasteiger partial charge < -0.3 is 33.6 Å². The minimum atomic E-state index is -3.53. The first-order chi connectivity index (χ1) is 16.3. The molecule has 0 amide bonds. The van der Waals surface area contributed by atoms with Crippen molar-refractivity contribution in [3.8, 4) is 0 Å². The normalized spacial score (nSPS) is 16.9. The van der Waals surface area contributed by atoms with Crippen molar-refractivity contribution in [1.82, 2.24) is 5.09 Å². The number of rotatable bonds is 21. The lowest BCUT2D eigenvalue weighted by molar-refractivity contribution is 0.0144. The van der Waals surface area contributed by atoms with Crippen LogP contribution in [0.3, 0.4) is 0 Å². The molecule has 0 bridgehead atoms. The second-order valence-corrected chi connectivity index (χ2v) is 14.2. The Morgan fingerprint density at radius 2 is 1.31 bits per heavy atom. The maximum Gasteiger partial charge on any atom is 0.330 e. The molecule has 0 aliphatic heterocycles. The summed E-state index contributed by atoms with van der Waals surface area (Å²) in [7, 11) is -6.72. The first-order valence-corrected chi connectivity index (χ1v) is 16.1. The van der Waals surface area contributed by atoms with E-state index in [1.54, 1.807) is 27.7 Å². The van der Waals surface area contributed by atoms with Gasteiger partial charge in [-0.1, -0.05) is 54.9 Å². The monoisotopic (exact) mass is 549 g/mol. The summed E-state index contributed by atoms with van der Waals surface area (Å²) in [6.45, 7) is 16.9. The highest BCUT2D eigenvalue weighted by Gasteiger charge is 2.25. The summed E-state index contributed by atoms with van der Waals surface area (Å²) in [6.07, 6.45) is 2.66. The quantitative estimate of drug-likeness (QED) is 0.120. The second kappa shape index (κ2) is 22.2. The highest BCUT2D eigenvalue weighted by molar-refractivity contribution is 7.56. The summed E-state index contributed by atoms with van der Waals surface area (Å²) in [5.41, 5.74) is -0.681. The van der Waals surface area contributed by atoms with Crippen LogP contribution in [0.1, 0.15) is 74.1 Å². The number of aliphatic hydroxyl groups excluding tert-OH is 1. The summed E-state index contributed by atoms with van der Waals surface area (Å²) < 4.78 is 43.8. The molecule has 0 aromatic heterocycles. The van der Waals surface area contributed by atoms with E-state index in [0.717, 1.165) is 19.4 Å². The standard InChI is InChI=1S/C13H30NO5P.C10H23O4P/c1-4-7-17-9-11-19-12-10-18-8-5-6-14-20(15,16)13(2)3;1-5-9(4)6-10(11)7-14-15(12,13)8(2)3/h13H,4-12H2,1-3H3,(H2,14,15,16);8-11H,5-7H2,1-4H3,(H,12,13). The van der Waals surface area contributed by atoms with E-state index in [1.165, 1.54) is 0 Å². The van der Waals surface area contributed by atoms with Gasteiger partial charge >= 0.3 is 7.60 Å². The molecule has 0 heterocycles. The summed E-state index contributed by atoms with van der Waals surface area (Å²) in [5.74, 6) is 0.403. The van der Waals surface area contributed by atoms with Crippen LogP contribution >= 0.6 is 15.1 Å². The molecule has 0 aliphatic carbocycles. The Kier molecular flexibility index (Phi) is 23.6. The van der Waals surface area contributed by atoms with Crippen LogP contribution in [-0.2, 0) is 27.9 Å². The average Bonchev–Trinajstić information content (AvgIpc) is 2.78. The lowest BCUT2D eigenvalue weighted by Gasteiger charge is -2.19. The highest BCUT2D eigenvalue weighted by atomic mass is 31.2. The number of aliphatic hydroxyl groups is 1. The zero-order valence-corrected chi connectivity index (χ0v) is 24.8. The van der Waals surface area contributed by atoms with Gasteiger partial charge in [0, 0.05) is 25.4 Å². The Bertz CT molecular complexity index is 579. The lowest BCUT2D eigenvalue weighted by atomic mass is 10.0. The maximum absolute atomic E-state index is 11.6. The molecule has 10 nitrogen and oxygen atoms in total. The molecule has 12 heteroatoms. The average molecular weight is 550 g/mol. The molecule has 0 saturated heterocycles. The Hall–Kier alpha value is 0.140. The van der Waals surface area contributed by atoms with E-state index >= 15 is 0 Å². The Morgan fingerprint density at radius 1 is 0.800 bits per heavy atom. The fourth-order valence-electron chi connectivity index (χ4n) is 2.32. The molecule has 0 aromatic rings. The van der Waals surface area contributed by atoms with Gasteiger partial charge in [0.15, 0.2) is 0 Å². The first-order valence-electron chi connectivity index (χ1n) is 12.8. The fourth-order valence-corrected chi connectivity index (χ4v) is 3.85. The molecule has 214 valence electrons. The van der Waals surface area contributed by atoms with Crippen molar-refractivity contribution in [2.75, 3.05) is 52.8 Å². The van der Waals surface area contributed by atoms with Crippen molar-refractivity contribution in [3.63, 3.8) is 0 Å². The van der Waals surface area contributed by atoms with Crippen LogP contribution < -0.4 is 5.09 Å². The van der Waals surface area contributed by atoms with Gasteiger partial charge in [-0.15, -0.1) is 0 Å². The van der Waals surface area contributed by atoms with Crippen LogP contribution in [0, 0.1) is 5.92 Å². The molecule has 0 aromatic carbocycles. The Balaban J connectivity index is 0. The van der Waals surface area contributed by atoms with Crippen LogP contribution in [0.5, 0.6) is 0 Å². The van der Waals surface area contributed by atoms with Crippen LogP contribution in [0.25, 0.3) is 0 Å². The molecule has 0 saturated carbocycles. The topological polar surface area (TPSA) is 144 Å². The van der Waals surface area contributed by atoms with Gasteiger partial charge in [-0.05, 0) is 25.2 Å². The molecular weight excluding hydrogens is 496 g/mol. The van der Waals surface area contributed by atoms with E-state index in [1.807, 2.05) is 13.8 Å². The predicted octanol–water partition coefficient (Wildman–Crippen LogP) is 4.41. The fraction of sp³-hybridized carbons (Fsp3) is 1.00. The molecule has 0 radical (unpaired) electrons. The van der Waals surface area contributed by atoms with Gasteiger partial charge in [-0.25, -0.2) is 5.09 Å². The second-order valence-electron chi connectivity index (χ2n) is 9.17. The number of hydrogen-bond donors (Lipinski definition) is 4. The first kappa shape index (κ1) is 37.3. The SMILES string of the molecule is CCC(C)CC(O)COP(=O)(O)C(C)C.CCCOCCOCCOCCCNP(=O)(O)C(C)C. The van der Waals surface area contributed by atoms with E-state index in [4.69, 9.17) is 18.7 Å². The molecule has 0 fully saturated rings. The highest BCUT2D eigenvalue weighted by Crippen LogP contribution is 2.47. The third-order valence-electron chi connectivity index (χ3n) is 5.07. The summed E-state index contributed by atoms with van der Waals surface area (Å²) in [6, 6.07) is 0. The molecule has 4 atom stereocenters. The van der Waals surface area contributed by atoms with Gasteiger partial charge in [-0.3, -0.25) is 9.13 Å². The number of nitrogens with one attached hydrogen (secondary N) is 1. The van der Waals surface area contributed by atoms with Crippen LogP contribution in [0.15, 0.2) is 0 Å². The van der Waals surface area contributed by atoms with Gasteiger partial charge in [-0.2, -0.15) is 0 Å². The van der Waals surface area contributed by atoms with Crippen LogP contribution in [0.4, 0.5) is 0 Å². The third kappa shape index (κ3) is 23.0. The molecule has 0 spiro atoms. The molecule has 4 unspecified atom stereocenters. The van der Waals surface area contributed by atoms with Gasteiger partial charge in [0.05, 0.1) is 44.8 Å². The van der Waals surface area contributed by atoms with Crippen LogP contribution in [0.2, 0.25) is 0 Å². The lowest BCUT2D eigenvalue weighted by Crippen LogP contribution is -2.19. The van der Waals surface area contributed by atoms with Crippen molar-refractivity contribution in [1.29, 1.82) is 0 Å². The van der Waals surface area contributed by atoms with E-state index in [2.05, 4.69) is 12.0 Å². The van der Waals surface area contributed by atoms with E-state index < -0.39 is 26.9 Å². The molecule has 4 N–H and O–H groups in total. The van der Waals surface area contributed by atoms with Gasteiger partial charge in [0.1, 0.15) is 0 Å². The predicted molar refractivity (Wildman–Crippen MR) is 141 cm³/mol.